The molecule has 0 radical (unpaired) electrons. The number of ether oxygens (including phenoxy) is 2. The van der Waals surface area contributed by atoms with Gasteiger partial charge in [-0.2, -0.15) is 0 Å². The normalized spacial score (nSPS) is 11.9. The van der Waals surface area contributed by atoms with Crippen LogP contribution < -0.4 is 10.4 Å². The predicted octanol–water partition coefficient (Wildman–Crippen LogP) is 3.29. The third-order valence-corrected chi connectivity index (χ3v) is 5.38. The summed E-state index contributed by atoms with van der Waals surface area (Å²) in [5, 5.41) is 0.647. The van der Waals surface area contributed by atoms with Gasteiger partial charge in [-0.3, -0.25) is 4.21 Å². The van der Waals surface area contributed by atoms with E-state index in [2.05, 4.69) is 0 Å². The number of rotatable bonds is 6. The number of carbonyl (C=O) groups is 1. The highest BCUT2D eigenvalue weighted by atomic mass is 32.2. The maximum Gasteiger partial charge on any atom is 0.339 e. The standard InChI is InChI=1S/C20H18O6S/c1-3-27(23)18-7-5-4-6-16(18)20(22)25-12-13-10-19(21)26-17-11-14(24-2)8-9-15(13)17/h4-11H,3,12H2,1-2H3/t27-/m1/s1. The zero-order chi connectivity index (χ0) is 19.4. The molecule has 0 spiro atoms. The second-order valence-electron chi connectivity index (χ2n) is 5.66. The Bertz CT molecular complexity index is 1070. The molecular formula is C20H18O6S. The van der Waals surface area contributed by atoms with Crippen molar-refractivity contribution < 1.29 is 22.9 Å². The highest BCUT2D eigenvalue weighted by Crippen LogP contribution is 2.23. The average Bonchev–Trinajstić information content (AvgIpc) is 2.70. The van der Waals surface area contributed by atoms with Crippen LogP contribution in [-0.4, -0.2) is 23.0 Å². The summed E-state index contributed by atoms with van der Waals surface area (Å²) in [5.74, 6) is 0.356. The average molecular weight is 386 g/mol. The van der Waals surface area contributed by atoms with Gasteiger partial charge in [-0.25, -0.2) is 9.59 Å². The Balaban J connectivity index is 1.88. The van der Waals surface area contributed by atoms with Crippen molar-refractivity contribution in [3.63, 3.8) is 0 Å². The number of esters is 1. The van der Waals surface area contributed by atoms with Gasteiger partial charge in [-0.05, 0) is 24.3 Å². The number of methoxy groups -OCH3 is 1. The van der Waals surface area contributed by atoms with Crippen molar-refractivity contribution in [1.82, 2.24) is 0 Å². The molecule has 27 heavy (non-hydrogen) atoms. The Morgan fingerprint density at radius 2 is 1.93 bits per heavy atom. The van der Waals surface area contributed by atoms with E-state index in [1.165, 1.54) is 13.2 Å². The highest BCUT2D eigenvalue weighted by molar-refractivity contribution is 7.85. The number of carbonyl (C=O) groups excluding carboxylic acids is 1. The summed E-state index contributed by atoms with van der Waals surface area (Å²) in [7, 11) is 0.236. The molecule has 140 valence electrons. The summed E-state index contributed by atoms with van der Waals surface area (Å²) in [5.41, 5.74) is 0.577. The molecule has 0 aliphatic carbocycles. The van der Waals surface area contributed by atoms with E-state index in [0.29, 0.717) is 32.9 Å². The van der Waals surface area contributed by atoms with Crippen LogP contribution in [-0.2, 0) is 22.1 Å². The minimum absolute atomic E-state index is 0.111. The molecule has 0 saturated carbocycles. The molecule has 0 unspecified atom stereocenters. The lowest BCUT2D eigenvalue weighted by atomic mass is 10.1. The van der Waals surface area contributed by atoms with Gasteiger partial charge in [0.15, 0.2) is 0 Å². The summed E-state index contributed by atoms with van der Waals surface area (Å²) >= 11 is 0. The van der Waals surface area contributed by atoms with Crippen LogP contribution in [0.1, 0.15) is 22.8 Å². The third kappa shape index (κ3) is 4.09. The van der Waals surface area contributed by atoms with Gasteiger partial charge in [0.1, 0.15) is 17.9 Å². The Morgan fingerprint density at radius 1 is 1.15 bits per heavy atom. The van der Waals surface area contributed by atoms with E-state index in [9.17, 15) is 13.8 Å². The largest absolute Gasteiger partial charge is 0.497 e. The summed E-state index contributed by atoms with van der Waals surface area (Å²) in [6.07, 6.45) is 0. The van der Waals surface area contributed by atoms with Crippen molar-refractivity contribution in [2.24, 2.45) is 0 Å². The SMILES string of the molecule is CC[S@@](=O)c1ccccc1C(=O)OCc1cc(=O)oc2cc(OC)ccc12. The van der Waals surface area contributed by atoms with Gasteiger partial charge in [0, 0.05) is 28.8 Å². The van der Waals surface area contributed by atoms with Gasteiger partial charge in [0.2, 0.25) is 0 Å². The van der Waals surface area contributed by atoms with E-state index in [4.69, 9.17) is 13.9 Å². The first-order chi connectivity index (χ1) is 13.0. The second-order valence-corrected chi connectivity index (χ2v) is 7.37. The zero-order valence-corrected chi connectivity index (χ0v) is 15.7. The lowest BCUT2D eigenvalue weighted by molar-refractivity contribution is 0.0469. The first kappa shape index (κ1) is 18.8. The van der Waals surface area contributed by atoms with Crippen molar-refractivity contribution in [3.05, 3.63) is 70.1 Å². The van der Waals surface area contributed by atoms with E-state index < -0.39 is 22.4 Å². The van der Waals surface area contributed by atoms with Gasteiger partial charge in [-0.15, -0.1) is 0 Å². The van der Waals surface area contributed by atoms with E-state index in [1.807, 2.05) is 0 Å². The topological polar surface area (TPSA) is 82.8 Å². The van der Waals surface area contributed by atoms with Gasteiger partial charge >= 0.3 is 11.6 Å². The van der Waals surface area contributed by atoms with Crippen LogP contribution in [0.25, 0.3) is 11.0 Å². The molecule has 3 aromatic rings. The summed E-state index contributed by atoms with van der Waals surface area (Å²) in [6.45, 7) is 1.67. The second kappa shape index (κ2) is 8.18. The van der Waals surface area contributed by atoms with Crippen LogP contribution in [0, 0.1) is 0 Å². The minimum atomic E-state index is -1.28. The van der Waals surface area contributed by atoms with Crippen molar-refractivity contribution in [3.8, 4) is 5.75 Å². The molecule has 0 aliphatic rings. The van der Waals surface area contributed by atoms with Crippen molar-refractivity contribution >= 4 is 27.7 Å². The van der Waals surface area contributed by atoms with Crippen LogP contribution in [0.5, 0.6) is 5.75 Å². The predicted molar refractivity (Wildman–Crippen MR) is 102 cm³/mol. The Kier molecular flexibility index (Phi) is 5.71. The molecule has 3 rings (SSSR count). The smallest absolute Gasteiger partial charge is 0.339 e. The molecule has 0 fully saturated rings. The van der Waals surface area contributed by atoms with Gasteiger partial charge in [-0.1, -0.05) is 19.1 Å². The van der Waals surface area contributed by atoms with E-state index in [1.54, 1.807) is 49.4 Å². The summed E-state index contributed by atoms with van der Waals surface area (Å²) < 4.78 is 27.8. The van der Waals surface area contributed by atoms with Gasteiger partial charge < -0.3 is 13.9 Å². The molecule has 0 saturated heterocycles. The molecule has 0 N–H and O–H groups in total. The lowest BCUT2D eigenvalue weighted by Gasteiger charge is -2.10. The third-order valence-electron chi connectivity index (χ3n) is 4.01. The van der Waals surface area contributed by atoms with E-state index in [0.717, 1.165) is 0 Å². The Labute approximate surface area is 158 Å². The molecule has 1 aromatic heterocycles. The zero-order valence-electron chi connectivity index (χ0n) is 14.9. The van der Waals surface area contributed by atoms with Crippen LogP contribution in [0.3, 0.4) is 0 Å². The summed E-state index contributed by atoms with van der Waals surface area (Å²) in [6, 6.07) is 13.0. The first-order valence-electron chi connectivity index (χ1n) is 8.28. The lowest BCUT2D eigenvalue weighted by Crippen LogP contribution is -2.11. The van der Waals surface area contributed by atoms with Crippen LogP contribution in [0.2, 0.25) is 0 Å². The van der Waals surface area contributed by atoms with Crippen molar-refractivity contribution in [1.29, 1.82) is 0 Å². The maximum absolute atomic E-state index is 12.5. The van der Waals surface area contributed by atoms with Crippen molar-refractivity contribution in [2.45, 2.75) is 18.4 Å². The summed E-state index contributed by atoms with van der Waals surface area (Å²) in [4.78, 5) is 24.8. The minimum Gasteiger partial charge on any atom is -0.497 e. The van der Waals surface area contributed by atoms with Gasteiger partial charge in [0.05, 0.1) is 28.4 Å². The number of hydrogen-bond acceptors (Lipinski definition) is 6. The molecule has 7 heteroatoms. The molecule has 0 bridgehead atoms. The monoisotopic (exact) mass is 386 g/mol. The van der Waals surface area contributed by atoms with E-state index in [-0.39, 0.29) is 12.2 Å². The number of fused-ring (bicyclic) bond motifs is 1. The fourth-order valence-electron chi connectivity index (χ4n) is 2.67. The molecule has 0 aliphatic heterocycles. The maximum atomic E-state index is 12.5. The van der Waals surface area contributed by atoms with Crippen molar-refractivity contribution in [2.75, 3.05) is 12.9 Å². The molecule has 1 heterocycles. The fraction of sp³-hybridized carbons (Fsp3) is 0.200. The van der Waals surface area contributed by atoms with E-state index >= 15 is 0 Å². The van der Waals surface area contributed by atoms with Crippen LogP contribution in [0.4, 0.5) is 0 Å². The number of hydrogen-bond donors (Lipinski definition) is 0. The quantitative estimate of drug-likeness (QED) is 0.478. The van der Waals surface area contributed by atoms with Crippen LogP contribution >= 0.6 is 0 Å². The Hall–Kier alpha value is -2.93. The fourth-order valence-corrected chi connectivity index (χ4v) is 3.60. The molecule has 6 nitrogen and oxygen atoms in total. The molecular weight excluding hydrogens is 368 g/mol. The number of benzene rings is 2. The molecule has 2 aromatic carbocycles. The van der Waals surface area contributed by atoms with Gasteiger partial charge in [0.25, 0.3) is 0 Å². The Morgan fingerprint density at radius 3 is 2.67 bits per heavy atom. The molecule has 0 amide bonds. The van der Waals surface area contributed by atoms with Crippen LogP contribution in [0.15, 0.2) is 62.6 Å². The first-order valence-corrected chi connectivity index (χ1v) is 9.60. The highest BCUT2D eigenvalue weighted by Gasteiger charge is 2.17. The molecule has 1 atom stereocenters.